The summed E-state index contributed by atoms with van der Waals surface area (Å²) in [6.45, 7) is 12.3. The van der Waals surface area contributed by atoms with E-state index in [4.69, 9.17) is 0 Å². The second-order valence-corrected chi connectivity index (χ2v) is 13.6. The van der Waals surface area contributed by atoms with Crippen LogP contribution in [0.3, 0.4) is 0 Å². The highest BCUT2D eigenvalue weighted by Crippen LogP contribution is 2.64. The number of hydrogen-bond acceptors (Lipinski definition) is 2. The topological polar surface area (TPSA) is 6.48 Å². The zero-order valence-corrected chi connectivity index (χ0v) is 23.5. The summed E-state index contributed by atoms with van der Waals surface area (Å²) < 4.78 is 0. The fourth-order valence-electron chi connectivity index (χ4n) is 9.48. The molecule has 2 aliphatic carbocycles. The van der Waals surface area contributed by atoms with E-state index in [2.05, 4.69) is 92.9 Å². The minimum absolute atomic E-state index is 0.133. The molecule has 0 bridgehead atoms. The molecule has 2 heterocycles. The molecule has 3 atom stereocenters. The number of fused-ring (bicyclic) bond motifs is 3. The third-order valence-corrected chi connectivity index (χ3v) is 10.6. The number of nitrogens with zero attached hydrogens (tertiary/aromatic N) is 2. The van der Waals surface area contributed by atoms with Crippen LogP contribution >= 0.6 is 0 Å². The van der Waals surface area contributed by atoms with Crippen LogP contribution in [0.2, 0.25) is 0 Å². The monoisotopic (exact) mass is 484 g/mol. The Morgan fingerprint density at radius 1 is 0.694 bits per heavy atom. The molecular weight excluding hydrogens is 436 g/mol. The molecule has 4 aliphatic rings. The van der Waals surface area contributed by atoms with Crippen molar-refractivity contribution in [3.63, 3.8) is 0 Å². The molecule has 2 nitrogen and oxygen atoms in total. The molecule has 36 heavy (non-hydrogen) atoms. The molecule has 2 aromatic carbocycles. The molecule has 2 heteroatoms. The van der Waals surface area contributed by atoms with E-state index in [1.807, 2.05) is 0 Å². The summed E-state index contributed by atoms with van der Waals surface area (Å²) in [5.41, 5.74) is 6.54. The van der Waals surface area contributed by atoms with Crippen molar-refractivity contribution in [3.8, 4) is 0 Å². The first-order chi connectivity index (χ1) is 17.4. The van der Waals surface area contributed by atoms with E-state index < -0.39 is 0 Å². The molecule has 6 rings (SSSR count). The number of benzene rings is 2. The van der Waals surface area contributed by atoms with Crippen LogP contribution in [0.15, 0.2) is 48.5 Å². The van der Waals surface area contributed by atoms with Crippen molar-refractivity contribution in [1.29, 1.82) is 0 Å². The summed E-state index contributed by atoms with van der Waals surface area (Å²) in [6.07, 6.45) is 14.6. The lowest BCUT2D eigenvalue weighted by molar-refractivity contribution is 0.0789. The van der Waals surface area contributed by atoms with Crippen LogP contribution < -0.4 is 9.80 Å². The zero-order chi connectivity index (χ0) is 25.1. The van der Waals surface area contributed by atoms with Gasteiger partial charge >= 0.3 is 0 Å². The van der Waals surface area contributed by atoms with Crippen molar-refractivity contribution < 1.29 is 0 Å². The summed E-state index contributed by atoms with van der Waals surface area (Å²) in [6, 6.07) is 19.9. The molecule has 0 radical (unpaired) electrons. The summed E-state index contributed by atoms with van der Waals surface area (Å²) >= 11 is 0. The SMILES string of the molecule is Cc1ccccc1N1C(C(C)(C)C)N2c3ccccc3C(C3CCCCC3)(C3CCCCC3)C2[C@@H]1C. The molecule has 0 aromatic heterocycles. The minimum Gasteiger partial charge on any atom is -0.346 e. The van der Waals surface area contributed by atoms with Gasteiger partial charge in [0.2, 0.25) is 0 Å². The van der Waals surface area contributed by atoms with Gasteiger partial charge in [0.25, 0.3) is 0 Å². The van der Waals surface area contributed by atoms with Gasteiger partial charge in [-0.05, 0) is 74.6 Å². The molecule has 3 fully saturated rings. The molecular formula is C34H48N2. The maximum absolute atomic E-state index is 2.97. The summed E-state index contributed by atoms with van der Waals surface area (Å²) in [4.78, 5) is 5.83. The summed E-state index contributed by atoms with van der Waals surface area (Å²) in [5.74, 6) is 1.62. The predicted octanol–water partition coefficient (Wildman–Crippen LogP) is 8.86. The maximum atomic E-state index is 2.97. The van der Waals surface area contributed by atoms with Crippen molar-refractivity contribution in [1.82, 2.24) is 0 Å². The highest BCUT2D eigenvalue weighted by Gasteiger charge is 2.66. The minimum atomic E-state index is 0.133. The molecule has 194 valence electrons. The number of para-hydroxylation sites is 2. The second kappa shape index (κ2) is 9.10. The van der Waals surface area contributed by atoms with Gasteiger partial charge in [0.1, 0.15) is 6.17 Å². The molecule has 2 unspecified atom stereocenters. The van der Waals surface area contributed by atoms with Crippen LogP contribution in [0, 0.1) is 24.2 Å². The van der Waals surface area contributed by atoms with Crippen LogP contribution in [0.4, 0.5) is 11.4 Å². The fraction of sp³-hybridized carbons (Fsp3) is 0.647. The van der Waals surface area contributed by atoms with Gasteiger partial charge < -0.3 is 9.80 Å². The van der Waals surface area contributed by atoms with E-state index in [1.54, 1.807) is 11.3 Å². The average molecular weight is 485 g/mol. The molecule has 2 aromatic rings. The van der Waals surface area contributed by atoms with E-state index in [0.29, 0.717) is 18.2 Å². The Balaban J connectivity index is 1.60. The Kier molecular flexibility index (Phi) is 6.17. The number of aryl methyl sites for hydroxylation is 1. The standard InChI is InChI=1S/C34H48N2/c1-24-16-12-14-22-29(24)35-25(2)31-34(26-17-8-6-9-18-26,27-19-10-7-11-20-27)28-21-13-15-23-30(28)36(31)32(35)33(3,4)5/h12-16,21-23,25-27,31-32H,6-11,17-20H2,1-5H3/t25-,31?,32?/m0/s1. The first-order valence-corrected chi connectivity index (χ1v) is 15.1. The Labute approximate surface area is 220 Å². The van der Waals surface area contributed by atoms with Gasteiger partial charge in [-0.25, -0.2) is 0 Å². The third kappa shape index (κ3) is 3.49. The van der Waals surface area contributed by atoms with E-state index in [9.17, 15) is 0 Å². The Hall–Kier alpha value is -1.96. The lowest BCUT2D eigenvalue weighted by Crippen LogP contribution is -2.57. The van der Waals surface area contributed by atoms with Crippen LogP contribution in [0.5, 0.6) is 0 Å². The van der Waals surface area contributed by atoms with Crippen molar-refractivity contribution in [2.75, 3.05) is 9.80 Å². The highest BCUT2D eigenvalue weighted by molar-refractivity contribution is 5.72. The summed E-state index contributed by atoms with van der Waals surface area (Å²) in [5, 5.41) is 0. The van der Waals surface area contributed by atoms with Crippen molar-refractivity contribution in [2.24, 2.45) is 17.3 Å². The molecule has 0 amide bonds. The van der Waals surface area contributed by atoms with Gasteiger partial charge in [-0.3, -0.25) is 0 Å². The van der Waals surface area contributed by atoms with Crippen LogP contribution in [-0.2, 0) is 5.41 Å². The number of hydrogen-bond donors (Lipinski definition) is 0. The lowest BCUT2D eigenvalue weighted by Gasteiger charge is -2.52. The quantitative estimate of drug-likeness (QED) is 0.429. The largest absolute Gasteiger partial charge is 0.346 e. The Morgan fingerprint density at radius 3 is 1.78 bits per heavy atom. The first-order valence-electron chi connectivity index (χ1n) is 15.1. The number of anilines is 2. The number of rotatable bonds is 3. The smallest absolute Gasteiger partial charge is 0.107 e. The predicted molar refractivity (Wildman–Crippen MR) is 154 cm³/mol. The Bertz CT molecular complexity index is 1050. The molecule has 1 saturated heterocycles. The van der Waals surface area contributed by atoms with Crippen LogP contribution in [-0.4, -0.2) is 18.2 Å². The summed E-state index contributed by atoms with van der Waals surface area (Å²) in [7, 11) is 0. The molecule has 0 N–H and O–H groups in total. The molecule has 2 aliphatic heterocycles. The van der Waals surface area contributed by atoms with Gasteiger partial charge in [-0.15, -0.1) is 0 Å². The molecule has 0 spiro atoms. The van der Waals surface area contributed by atoms with Gasteiger partial charge in [0.05, 0.1) is 6.04 Å². The highest BCUT2D eigenvalue weighted by atomic mass is 15.5. The first kappa shape index (κ1) is 24.4. The average Bonchev–Trinajstić information content (AvgIpc) is 3.36. The van der Waals surface area contributed by atoms with E-state index in [0.717, 1.165) is 11.8 Å². The zero-order valence-electron chi connectivity index (χ0n) is 23.5. The fourth-order valence-corrected chi connectivity index (χ4v) is 9.48. The van der Waals surface area contributed by atoms with Gasteiger partial charge in [-0.1, -0.05) is 95.7 Å². The lowest BCUT2D eigenvalue weighted by atomic mass is 9.53. The third-order valence-electron chi connectivity index (χ3n) is 10.6. The van der Waals surface area contributed by atoms with E-state index >= 15 is 0 Å². The van der Waals surface area contributed by atoms with E-state index in [-0.39, 0.29) is 10.8 Å². The van der Waals surface area contributed by atoms with Gasteiger partial charge in [0.15, 0.2) is 0 Å². The molecule has 2 saturated carbocycles. The van der Waals surface area contributed by atoms with Gasteiger partial charge in [-0.2, -0.15) is 0 Å². The maximum Gasteiger partial charge on any atom is 0.107 e. The normalized spacial score (nSPS) is 28.9. The van der Waals surface area contributed by atoms with Crippen molar-refractivity contribution >= 4 is 11.4 Å². The van der Waals surface area contributed by atoms with Crippen LogP contribution in [0.25, 0.3) is 0 Å². The van der Waals surface area contributed by atoms with Crippen molar-refractivity contribution in [2.45, 2.75) is 122 Å². The van der Waals surface area contributed by atoms with Gasteiger partial charge in [0, 0.05) is 28.2 Å². The van der Waals surface area contributed by atoms with E-state index in [1.165, 1.54) is 75.5 Å². The second-order valence-electron chi connectivity index (χ2n) is 13.6. The Morgan fingerprint density at radius 2 is 1.22 bits per heavy atom. The van der Waals surface area contributed by atoms with Crippen molar-refractivity contribution in [3.05, 3.63) is 59.7 Å². The van der Waals surface area contributed by atoms with Crippen LogP contribution in [0.1, 0.15) is 103 Å².